The summed E-state index contributed by atoms with van der Waals surface area (Å²) >= 11 is 0. The largest absolute Gasteiger partial charge is 0.390 e. The molecule has 1 heterocycles. The summed E-state index contributed by atoms with van der Waals surface area (Å²) in [5.41, 5.74) is 1.99. The minimum absolute atomic E-state index is 0.114. The number of amides is 1. The Bertz CT molecular complexity index is 811. The molecule has 0 spiro atoms. The van der Waals surface area contributed by atoms with E-state index >= 15 is 0 Å². The van der Waals surface area contributed by atoms with Crippen LogP contribution in [0.5, 0.6) is 0 Å². The maximum atomic E-state index is 13.7. The number of nitrogens with one attached hydrogen (secondary N) is 1. The number of aryl methyl sites for hydroxylation is 1. The van der Waals surface area contributed by atoms with Crippen molar-refractivity contribution < 1.29 is 23.1 Å². The number of carbonyl (C=O) groups is 1. The monoisotopic (exact) mass is 350 g/mol. The van der Waals surface area contributed by atoms with E-state index in [1.54, 1.807) is 12.1 Å². The Labute approximate surface area is 142 Å². The molecule has 25 heavy (non-hydrogen) atoms. The number of nitrogens with zero attached hydrogens (tertiary/aromatic N) is 1. The molecule has 1 amide bonds. The molecule has 4 nitrogen and oxygen atoms in total. The fourth-order valence-electron chi connectivity index (χ4n) is 3.07. The lowest BCUT2D eigenvalue weighted by molar-refractivity contribution is -0.123. The van der Waals surface area contributed by atoms with Crippen molar-refractivity contribution in [2.24, 2.45) is 0 Å². The second-order valence-corrected chi connectivity index (χ2v) is 5.99. The Hall–Kier alpha value is -2.41. The lowest BCUT2D eigenvalue weighted by Gasteiger charge is -2.24. The topological polar surface area (TPSA) is 62.2 Å². The summed E-state index contributed by atoms with van der Waals surface area (Å²) in [6.45, 7) is -0.393. The van der Waals surface area contributed by atoms with Crippen molar-refractivity contribution in [1.82, 2.24) is 10.3 Å². The summed E-state index contributed by atoms with van der Waals surface area (Å²) in [7, 11) is 0. The smallest absolute Gasteiger partial charge is 0.227 e. The molecule has 2 N–H and O–H groups in total. The number of hydrogen-bond donors (Lipinski definition) is 2. The molecule has 1 aliphatic carbocycles. The zero-order chi connectivity index (χ0) is 18.0. The van der Waals surface area contributed by atoms with Crippen LogP contribution < -0.4 is 5.32 Å². The number of aromatic nitrogens is 1. The zero-order valence-corrected chi connectivity index (χ0v) is 13.4. The first-order valence-electron chi connectivity index (χ1n) is 8.01. The Morgan fingerprint density at radius 2 is 2.00 bits per heavy atom. The molecule has 1 unspecified atom stereocenters. The number of carbonyl (C=O) groups excluding carboxylic acids is 1. The molecule has 7 heteroatoms. The summed E-state index contributed by atoms with van der Waals surface area (Å²) in [4.78, 5) is 16.8. The summed E-state index contributed by atoms with van der Waals surface area (Å²) < 4.78 is 39.9. The fourth-order valence-corrected chi connectivity index (χ4v) is 3.07. The van der Waals surface area contributed by atoms with E-state index in [1.807, 2.05) is 0 Å². The molecule has 0 saturated carbocycles. The van der Waals surface area contributed by atoms with Crippen LogP contribution in [0.15, 0.2) is 24.3 Å². The van der Waals surface area contributed by atoms with Crippen LogP contribution in [-0.2, 0) is 24.4 Å². The minimum atomic E-state index is -1.55. The number of aliphatic hydroxyl groups is 1. The van der Waals surface area contributed by atoms with E-state index in [9.17, 15) is 18.0 Å². The van der Waals surface area contributed by atoms with E-state index in [0.29, 0.717) is 12.1 Å². The number of aliphatic hydroxyl groups excluding tert-OH is 1. The van der Waals surface area contributed by atoms with E-state index in [0.717, 1.165) is 36.2 Å². The first-order chi connectivity index (χ1) is 12.0. The number of fused-ring (bicyclic) bond motifs is 1. The molecule has 0 bridgehead atoms. The molecule has 1 aromatic heterocycles. The van der Waals surface area contributed by atoms with Crippen molar-refractivity contribution in [3.8, 4) is 0 Å². The highest BCUT2D eigenvalue weighted by atomic mass is 19.2. The fraction of sp³-hybridized carbons (Fsp3) is 0.333. The first-order valence-corrected chi connectivity index (χ1v) is 8.01. The van der Waals surface area contributed by atoms with Crippen LogP contribution in [0.25, 0.3) is 0 Å². The van der Waals surface area contributed by atoms with Gasteiger partial charge in [0.05, 0.1) is 18.2 Å². The van der Waals surface area contributed by atoms with Gasteiger partial charge in [0, 0.05) is 17.8 Å². The van der Waals surface area contributed by atoms with Gasteiger partial charge in [-0.1, -0.05) is 12.1 Å². The van der Waals surface area contributed by atoms with Gasteiger partial charge in [0.25, 0.3) is 0 Å². The zero-order valence-electron chi connectivity index (χ0n) is 13.4. The molecule has 1 aliphatic rings. The van der Waals surface area contributed by atoms with Crippen LogP contribution >= 0.6 is 0 Å². The number of benzene rings is 1. The average Bonchev–Trinajstić information content (AvgIpc) is 2.64. The van der Waals surface area contributed by atoms with Crippen molar-refractivity contribution in [3.05, 3.63) is 64.2 Å². The normalized spacial score (nSPS) is 16.4. The van der Waals surface area contributed by atoms with Crippen LogP contribution in [0.2, 0.25) is 0 Å². The lowest BCUT2D eigenvalue weighted by atomic mass is 9.84. The molecule has 0 aliphatic heterocycles. The molecule has 0 fully saturated rings. The van der Waals surface area contributed by atoms with Crippen LogP contribution in [0.3, 0.4) is 0 Å². The maximum absolute atomic E-state index is 13.7. The van der Waals surface area contributed by atoms with E-state index in [2.05, 4.69) is 10.3 Å². The molecule has 3 rings (SSSR count). The van der Waals surface area contributed by atoms with Gasteiger partial charge >= 0.3 is 0 Å². The van der Waals surface area contributed by atoms with Crippen LogP contribution in [0.4, 0.5) is 13.2 Å². The molecule has 1 aromatic carbocycles. The highest BCUT2D eigenvalue weighted by Gasteiger charge is 2.27. The van der Waals surface area contributed by atoms with Crippen molar-refractivity contribution in [2.45, 2.75) is 38.3 Å². The predicted octanol–water partition coefficient (Wildman–Crippen LogP) is 2.73. The van der Waals surface area contributed by atoms with Gasteiger partial charge in [-0.25, -0.2) is 13.2 Å². The Kier molecular flexibility index (Phi) is 5.03. The third-order valence-electron chi connectivity index (χ3n) is 4.40. The van der Waals surface area contributed by atoms with E-state index in [-0.39, 0.29) is 24.6 Å². The quantitative estimate of drug-likeness (QED) is 0.834. The van der Waals surface area contributed by atoms with Gasteiger partial charge < -0.3 is 10.4 Å². The van der Waals surface area contributed by atoms with Gasteiger partial charge in [-0.3, -0.25) is 9.78 Å². The Morgan fingerprint density at radius 3 is 2.76 bits per heavy atom. The highest BCUT2D eigenvalue weighted by Crippen LogP contribution is 2.31. The van der Waals surface area contributed by atoms with Gasteiger partial charge in [0.1, 0.15) is 0 Å². The lowest BCUT2D eigenvalue weighted by Crippen LogP contribution is -2.31. The van der Waals surface area contributed by atoms with E-state index in [4.69, 9.17) is 5.11 Å². The minimum Gasteiger partial charge on any atom is -0.390 e. The van der Waals surface area contributed by atoms with Gasteiger partial charge in [-0.05, 0) is 37.0 Å². The van der Waals surface area contributed by atoms with Crippen LogP contribution in [0.1, 0.15) is 41.3 Å². The second-order valence-electron chi connectivity index (χ2n) is 5.99. The van der Waals surface area contributed by atoms with Crippen LogP contribution in [-0.4, -0.2) is 16.0 Å². The Balaban J connectivity index is 1.74. The molecule has 2 aromatic rings. The van der Waals surface area contributed by atoms with Crippen molar-refractivity contribution >= 4 is 5.91 Å². The maximum Gasteiger partial charge on any atom is 0.227 e. The highest BCUT2D eigenvalue weighted by molar-refractivity contribution is 5.84. The molecule has 1 atom stereocenters. The van der Waals surface area contributed by atoms with Crippen molar-refractivity contribution in [2.75, 3.05) is 0 Å². The van der Waals surface area contributed by atoms with Crippen molar-refractivity contribution in [3.63, 3.8) is 0 Å². The summed E-state index contributed by atoms with van der Waals surface area (Å²) in [5, 5.41) is 11.7. The van der Waals surface area contributed by atoms with E-state index in [1.165, 1.54) is 0 Å². The van der Waals surface area contributed by atoms with Gasteiger partial charge in [-0.15, -0.1) is 0 Å². The molecular formula is C18H17F3N2O2. The average molecular weight is 350 g/mol. The molecule has 0 saturated heterocycles. The number of halogens is 3. The molecule has 132 valence electrons. The van der Waals surface area contributed by atoms with Crippen LogP contribution in [0, 0.1) is 17.5 Å². The predicted molar refractivity (Wildman–Crippen MR) is 84.0 cm³/mol. The summed E-state index contributed by atoms with van der Waals surface area (Å²) in [6.07, 6.45) is 2.12. The third kappa shape index (κ3) is 3.51. The van der Waals surface area contributed by atoms with Gasteiger partial charge in [0.2, 0.25) is 5.91 Å². The SMILES string of the molecule is O=C(NCc1ccc(F)c(F)c1F)C1CCCc2nc(CO)ccc21. The number of rotatable bonds is 4. The third-order valence-corrected chi connectivity index (χ3v) is 4.40. The summed E-state index contributed by atoms with van der Waals surface area (Å²) in [6, 6.07) is 5.38. The van der Waals surface area contributed by atoms with E-state index < -0.39 is 23.4 Å². The molecule has 0 radical (unpaired) electrons. The van der Waals surface area contributed by atoms with Crippen molar-refractivity contribution in [1.29, 1.82) is 0 Å². The number of pyridine rings is 1. The summed E-state index contributed by atoms with van der Waals surface area (Å²) in [5.74, 6) is -4.85. The molecular weight excluding hydrogens is 333 g/mol. The van der Waals surface area contributed by atoms with Gasteiger partial charge in [0.15, 0.2) is 17.5 Å². The first kappa shape index (κ1) is 17.4. The number of hydrogen-bond acceptors (Lipinski definition) is 3. The standard InChI is InChI=1S/C18H17F3N2O2/c19-14-7-4-10(16(20)17(14)21)8-22-18(25)13-2-1-3-15-12(13)6-5-11(9-24)23-15/h4-7,13,24H,1-3,8-9H2,(H,22,25). The second kappa shape index (κ2) is 7.23. The van der Waals surface area contributed by atoms with Gasteiger partial charge in [-0.2, -0.15) is 0 Å². The Morgan fingerprint density at radius 1 is 1.20 bits per heavy atom.